The van der Waals surface area contributed by atoms with Crippen LogP contribution in [0.5, 0.6) is 0 Å². The molecule has 1 aliphatic heterocycles. The van der Waals surface area contributed by atoms with Gasteiger partial charge in [-0.1, -0.05) is 6.07 Å². The topological polar surface area (TPSA) is 78.5 Å². The van der Waals surface area contributed by atoms with Crippen LogP contribution in [0.3, 0.4) is 0 Å². The van der Waals surface area contributed by atoms with Gasteiger partial charge < -0.3 is 10.6 Å². The van der Waals surface area contributed by atoms with Crippen LogP contribution in [0.15, 0.2) is 41.8 Å². The zero-order valence-electron chi connectivity index (χ0n) is 13.4. The summed E-state index contributed by atoms with van der Waals surface area (Å²) in [5.41, 5.74) is -0.648. The summed E-state index contributed by atoms with van der Waals surface area (Å²) in [6, 6.07) is 8.43. The summed E-state index contributed by atoms with van der Waals surface area (Å²) < 4.78 is 12.9. The van der Waals surface area contributed by atoms with Crippen molar-refractivity contribution in [2.75, 3.05) is 11.9 Å². The van der Waals surface area contributed by atoms with E-state index in [0.29, 0.717) is 5.69 Å². The number of hydrogen-bond donors (Lipinski definition) is 2. The first-order valence-corrected chi connectivity index (χ1v) is 8.51. The van der Waals surface area contributed by atoms with E-state index in [1.165, 1.54) is 35.6 Å². The number of amides is 4. The lowest BCUT2D eigenvalue weighted by molar-refractivity contribution is -0.131. The highest BCUT2D eigenvalue weighted by molar-refractivity contribution is 7.10. The fourth-order valence-electron chi connectivity index (χ4n) is 2.60. The van der Waals surface area contributed by atoms with Gasteiger partial charge in [0.05, 0.1) is 0 Å². The summed E-state index contributed by atoms with van der Waals surface area (Å²) in [6.07, 6.45) is -0.0446. The van der Waals surface area contributed by atoms with E-state index in [9.17, 15) is 18.8 Å². The zero-order valence-corrected chi connectivity index (χ0v) is 14.2. The molecule has 4 amide bonds. The average molecular weight is 361 g/mol. The number of hydrogen-bond acceptors (Lipinski definition) is 4. The maximum atomic E-state index is 12.9. The minimum Gasteiger partial charge on any atom is -0.326 e. The highest BCUT2D eigenvalue weighted by Gasteiger charge is 2.49. The highest BCUT2D eigenvalue weighted by atomic mass is 32.1. The third-order valence-corrected chi connectivity index (χ3v) is 5.07. The van der Waals surface area contributed by atoms with Gasteiger partial charge in [0.2, 0.25) is 5.91 Å². The number of anilines is 1. The molecule has 8 heteroatoms. The lowest BCUT2D eigenvalue weighted by Gasteiger charge is -2.20. The van der Waals surface area contributed by atoms with Crippen LogP contribution in [0.25, 0.3) is 0 Å². The minimum absolute atomic E-state index is 0.0291. The van der Waals surface area contributed by atoms with Crippen LogP contribution in [0.2, 0.25) is 0 Å². The van der Waals surface area contributed by atoms with Crippen molar-refractivity contribution in [1.29, 1.82) is 0 Å². The van der Waals surface area contributed by atoms with Crippen LogP contribution in [0.4, 0.5) is 14.9 Å². The van der Waals surface area contributed by atoms with Crippen molar-refractivity contribution in [3.05, 3.63) is 52.5 Å². The van der Waals surface area contributed by atoms with Gasteiger partial charge in [-0.2, -0.15) is 0 Å². The largest absolute Gasteiger partial charge is 0.326 e. The van der Waals surface area contributed by atoms with Gasteiger partial charge >= 0.3 is 6.03 Å². The lowest BCUT2D eigenvalue weighted by Crippen LogP contribution is -2.40. The number of nitrogens with zero attached hydrogens (tertiary/aromatic N) is 1. The molecule has 1 atom stereocenters. The van der Waals surface area contributed by atoms with Gasteiger partial charge in [0.1, 0.15) is 5.82 Å². The molecule has 130 valence electrons. The van der Waals surface area contributed by atoms with Gasteiger partial charge in [-0.3, -0.25) is 14.5 Å². The van der Waals surface area contributed by atoms with Gasteiger partial charge in [-0.25, -0.2) is 9.18 Å². The number of benzene rings is 1. The van der Waals surface area contributed by atoms with Gasteiger partial charge in [0, 0.05) is 23.5 Å². The van der Waals surface area contributed by atoms with Crippen LogP contribution in [-0.2, 0) is 15.1 Å². The average Bonchev–Trinajstić information content (AvgIpc) is 3.18. The Labute approximate surface area is 147 Å². The van der Waals surface area contributed by atoms with E-state index < -0.39 is 17.4 Å². The molecule has 6 nitrogen and oxygen atoms in total. The van der Waals surface area contributed by atoms with E-state index in [-0.39, 0.29) is 24.8 Å². The number of carbonyl (C=O) groups is 3. The first-order chi connectivity index (χ1) is 11.9. The second-order valence-electron chi connectivity index (χ2n) is 5.79. The van der Waals surface area contributed by atoms with E-state index in [2.05, 4.69) is 10.6 Å². The molecule has 2 N–H and O–H groups in total. The predicted octanol–water partition coefficient (Wildman–Crippen LogP) is 2.68. The number of nitrogens with one attached hydrogen (secondary N) is 2. The number of carbonyl (C=O) groups excluding carboxylic acids is 3. The van der Waals surface area contributed by atoms with Crippen molar-refractivity contribution in [2.24, 2.45) is 0 Å². The van der Waals surface area contributed by atoms with Crippen LogP contribution in [-0.4, -0.2) is 29.3 Å². The Balaban J connectivity index is 1.61. The predicted molar refractivity (Wildman–Crippen MR) is 91.6 cm³/mol. The zero-order chi connectivity index (χ0) is 18.0. The molecule has 0 aliphatic carbocycles. The van der Waals surface area contributed by atoms with Crippen LogP contribution < -0.4 is 10.6 Å². The third-order valence-electron chi connectivity index (χ3n) is 3.98. The van der Waals surface area contributed by atoms with Gasteiger partial charge in [0.15, 0.2) is 5.54 Å². The van der Waals surface area contributed by atoms with E-state index in [1.54, 1.807) is 13.0 Å². The van der Waals surface area contributed by atoms with E-state index in [1.807, 2.05) is 11.4 Å². The normalized spacial score (nSPS) is 19.8. The monoisotopic (exact) mass is 361 g/mol. The molecule has 1 saturated heterocycles. The summed E-state index contributed by atoms with van der Waals surface area (Å²) in [6.45, 7) is 1.62. The second-order valence-corrected chi connectivity index (χ2v) is 6.74. The van der Waals surface area contributed by atoms with Crippen LogP contribution in [0.1, 0.15) is 18.2 Å². The number of urea groups is 1. The molecule has 1 aliphatic rings. The Bertz CT molecular complexity index is 807. The molecule has 1 aromatic carbocycles. The smallest absolute Gasteiger partial charge is 0.325 e. The summed E-state index contributed by atoms with van der Waals surface area (Å²) in [7, 11) is 0. The molecule has 0 unspecified atom stereocenters. The van der Waals surface area contributed by atoms with Gasteiger partial charge in [0.25, 0.3) is 5.91 Å². The maximum absolute atomic E-state index is 12.9. The molecular weight excluding hydrogens is 345 g/mol. The standard InChI is InChI=1S/C17H16FN3O3S/c1-17(13-3-2-10-25-13)15(23)21(16(24)20-17)9-8-14(22)19-12-6-4-11(18)5-7-12/h2-7,10H,8-9H2,1H3,(H,19,22)(H,20,24)/t17-/m0/s1. The Kier molecular flexibility index (Phi) is 4.54. The molecule has 0 radical (unpaired) electrons. The molecule has 2 heterocycles. The first-order valence-electron chi connectivity index (χ1n) is 7.63. The Morgan fingerprint density at radius 3 is 2.64 bits per heavy atom. The van der Waals surface area contributed by atoms with Crippen molar-refractivity contribution >= 4 is 34.9 Å². The van der Waals surface area contributed by atoms with Crippen molar-refractivity contribution in [3.8, 4) is 0 Å². The van der Waals surface area contributed by atoms with Crippen molar-refractivity contribution in [1.82, 2.24) is 10.2 Å². The molecule has 0 saturated carbocycles. The first kappa shape index (κ1) is 17.1. The molecule has 3 rings (SSSR count). The fourth-order valence-corrected chi connectivity index (χ4v) is 3.44. The summed E-state index contributed by atoms with van der Waals surface area (Å²) in [4.78, 5) is 38.5. The molecule has 0 spiro atoms. The molecule has 0 bridgehead atoms. The van der Waals surface area contributed by atoms with Gasteiger partial charge in [-0.15, -0.1) is 11.3 Å². The van der Waals surface area contributed by atoms with Crippen LogP contribution >= 0.6 is 11.3 Å². The lowest BCUT2D eigenvalue weighted by atomic mass is 10.0. The van der Waals surface area contributed by atoms with E-state index >= 15 is 0 Å². The highest BCUT2D eigenvalue weighted by Crippen LogP contribution is 2.31. The minimum atomic E-state index is -1.10. The van der Waals surface area contributed by atoms with Crippen LogP contribution in [0, 0.1) is 5.82 Å². The SMILES string of the molecule is C[C@@]1(c2cccs2)NC(=O)N(CCC(=O)Nc2ccc(F)cc2)C1=O. The second kappa shape index (κ2) is 6.64. The molecular formula is C17H16FN3O3S. The quantitative estimate of drug-likeness (QED) is 0.804. The molecule has 1 fully saturated rings. The fraction of sp³-hybridized carbons (Fsp3) is 0.235. The van der Waals surface area contributed by atoms with Crippen molar-refractivity contribution < 1.29 is 18.8 Å². The summed E-state index contributed by atoms with van der Waals surface area (Å²) in [5.74, 6) is -1.14. The summed E-state index contributed by atoms with van der Waals surface area (Å²) >= 11 is 1.38. The Hall–Kier alpha value is -2.74. The van der Waals surface area contributed by atoms with E-state index in [0.717, 1.165) is 9.78 Å². The summed E-state index contributed by atoms with van der Waals surface area (Å²) in [5, 5.41) is 7.12. The maximum Gasteiger partial charge on any atom is 0.325 e. The number of thiophene rings is 1. The molecule has 25 heavy (non-hydrogen) atoms. The Morgan fingerprint density at radius 2 is 2.00 bits per heavy atom. The number of rotatable bonds is 5. The molecule has 2 aromatic rings. The number of halogens is 1. The number of imide groups is 1. The van der Waals surface area contributed by atoms with Crippen molar-refractivity contribution in [3.63, 3.8) is 0 Å². The van der Waals surface area contributed by atoms with E-state index in [4.69, 9.17) is 0 Å². The van der Waals surface area contributed by atoms with Crippen molar-refractivity contribution in [2.45, 2.75) is 18.9 Å². The third kappa shape index (κ3) is 3.39. The Morgan fingerprint density at radius 1 is 1.28 bits per heavy atom. The molecule has 1 aromatic heterocycles. The van der Waals surface area contributed by atoms with Gasteiger partial charge in [-0.05, 0) is 42.6 Å².